The number of allylic oxidation sites excluding steroid dienone is 2. The molecule has 0 saturated heterocycles. The Bertz CT molecular complexity index is 3530. The molecule has 1 aliphatic rings. The van der Waals surface area contributed by atoms with Crippen LogP contribution < -0.4 is 0 Å². The minimum absolute atomic E-state index is 0.845. The van der Waals surface area contributed by atoms with E-state index in [1.54, 1.807) is 0 Å². The van der Waals surface area contributed by atoms with Gasteiger partial charge in [0.1, 0.15) is 5.84 Å². The maximum absolute atomic E-state index is 5.77. The highest BCUT2D eigenvalue weighted by molar-refractivity contribution is 6.34. The Morgan fingerprint density at radius 2 is 1.12 bits per heavy atom. The van der Waals surface area contributed by atoms with E-state index in [0.717, 1.165) is 41.1 Å². The Kier molecular flexibility index (Phi) is 6.97. The highest BCUT2D eigenvalue weighted by Crippen LogP contribution is 2.43. The van der Waals surface area contributed by atoms with Crippen molar-refractivity contribution in [3.05, 3.63) is 199 Å². The van der Waals surface area contributed by atoms with Crippen LogP contribution in [0.3, 0.4) is 0 Å². The van der Waals surface area contributed by atoms with Gasteiger partial charge in [0.05, 0.1) is 27.8 Å². The highest BCUT2D eigenvalue weighted by atomic mass is 15.1. The minimum Gasteiger partial charge on any atom is -0.309 e. The normalized spacial score (nSPS) is 13.4. The molecule has 0 unspecified atom stereocenters. The summed E-state index contributed by atoms with van der Waals surface area (Å²) in [6.45, 7) is 2.30. The monoisotopic (exact) mass is 727 g/mol. The van der Waals surface area contributed by atoms with Crippen LogP contribution in [0.15, 0.2) is 193 Å². The lowest BCUT2D eigenvalue weighted by molar-refractivity contribution is 1.02. The topological polar surface area (TPSA) is 22.2 Å². The molecule has 0 atom stereocenters. The van der Waals surface area contributed by atoms with E-state index in [2.05, 4.69) is 198 Å². The van der Waals surface area contributed by atoms with E-state index >= 15 is 0 Å². The van der Waals surface area contributed by atoms with Crippen molar-refractivity contribution in [3.8, 4) is 5.69 Å². The first-order valence-corrected chi connectivity index (χ1v) is 20.0. The Hall–Kier alpha value is -7.23. The van der Waals surface area contributed by atoms with Gasteiger partial charge in [-0.2, -0.15) is 0 Å². The highest BCUT2D eigenvalue weighted by Gasteiger charge is 2.27. The fourth-order valence-electron chi connectivity index (χ4n) is 9.77. The van der Waals surface area contributed by atoms with Crippen LogP contribution in [-0.4, -0.2) is 15.0 Å². The van der Waals surface area contributed by atoms with Crippen LogP contribution in [0.1, 0.15) is 24.5 Å². The van der Waals surface area contributed by atoms with E-state index in [9.17, 15) is 0 Å². The van der Waals surface area contributed by atoms with Gasteiger partial charge in [0.2, 0.25) is 0 Å². The van der Waals surface area contributed by atoms with Crippen molar-refractivity contribution >= 4 is 93.0 Å². The van der Waals surface area contributed by atoms with E-state index in [1.165, 1.54) is 87.2 Å². The van der Waals surface area contributed by atoms with Gasteiger partial charge in [-0.15, -0.1) is 0 Å². The molecule has 2 aromatic heterocycles. The fourth-order valence-corrected chi connectivity index (χ4v) is 9.77. The number of para-hydroxylation sites is 2. The van der Waals surface area contributed by atoms with E-state index in [-0.39, 0.29) is 0 Å². The summed E-state index contributed by atoms with van der Waals surface area (Å²) in [5, 5.41) is 12.4. The second-order valence-electron chi connectivity index (χ2n) is 15.4. The maximum atomic E-state index is 5.77. The first kappa shape index (κ1) is 32.1. The van der Waals surface area contributed by atoms with E-state index in [1.807, 2.05) is 0 Å². The predicted octanol–water partition coefficient (Wildman–Crippen LogP) is 14.3. The van der Waals surface area contributed by atoms with Gasteiger partial charge >= 0.3 is 0 Å². The minimum atomic E-state index is 0.845. The molecule has 11 aromatic rings. The average Bonchev–Trinajstić information content (AvgIpc) is 3.73. The molecule has 9 aromatic carbocycles. The van der Waals surface area contributed by atoms with Crippen LogP contribution in [0, 0.1) is 0 Å². The van der Waals surface area contributed by atoms with Crippen LogP contribution in [0.2, 0.25) is 0 Å². The van der Waals surface area contributed by atoms with Gasteiger partial charge in [0, 0.05) is 38.2 Å². The Morgan fingerprint density at radius 1 is 0.474 bits per heavy atom. The van der Waals surface area contributed by atoms with Crippen molar-refractivity contribution in [3.63, 3.8) is 0 Å². The smallest absolute Gasteiger partial charge is 0.146 e. The van der Waals surface area contributed by atoms with Crippen molar-refractivity contribution in [2.75, 3.05) is 0 Å². The van der Waals surface area contributed by atoms with Crippen LogP contribution in [0.4, 0.5) is 5.69 Å². The molecule has 3 heterocycles. The molecule has 0 radical (unpaired) electrons. The number of hydrogen-bond acceptors (Lipinski definition) is 1. The van der Waals surface area contributed by atoms with Gasteiger partial charge < -0.3 is 4.57 Å². The zero-order valence-corrected chi connectivity index (χ0v) is 31.6. The Balaban J connectivity index is 1.25. The summed E-state index contributed by atoms with van der Waals surface area (Å²) in [7, 11) is 0. The average molecular weight is 728 g/mol. The lowest BCUT2D eigenvalue weighted by atomic mass is 9.90. The van der Waals surface area contributed by atoms with Crippen molar-refractivity contribution in [2.24, 2.45) is 4.99 Å². The largest absolute Gasteiger partial charge is 0.309 e. The summed E-state index contributed by atoms with van der Waals surface area (Å²) in [4.78, 5) is 5.77. The van der Waals surface area contributed by atoms with Gasteiger partial charge in [-0.25, -0.2) is 4.99 Å². The standard InChI is InChI=1S/C54H37N3/c1-2-34-32-38-17-6-11-24-47(38)55-54(51(34)44-23-13-18-35-14-3-7-19-40(35)44)57-49-31-27-36-15-4-8-20-41(36)52(49)46-30-28-39(33-50(46)57)56-48-25-12-10-22-43(48)45-29-26-37-16-5-9-21-42(37)53(45)56/h3-31,33H,2,32H2,1H3. The van der Waals surface area contributed by atoms with Gasteiger partial charge in [-0.1, -0.05) is 164 Å². The zero-order chi connectivity index (χ0) is 37.6. The molecule has 0 bridgehead atoms. The zero-order valence-electron chi connectivity index (χ0n) is 31.6. The number of benzene rings is 9. The SMILES string of the molecule is CCC1=C(c2cccc3ccccc23)C(n2c3cc(-n4c5ccccc5c5ccc6ccccc6c54)ccc3c3c4ccccc4ccc32)=Nc2ccccc2C1. The summed E-state index contributed by atoms with van der Waals surface area (Å²) in [5.74, 6) is 0.966. The summed E-state index contributed by atoms with van der Waals surface area (Å²) >= 11 is 0. The van der Waals surface area contributed by atoms with E-state index < -0.39 is 0 Å². The number of hydrogen-bond donors (Lipinski definition) is 0. The molecule has 12 rings (SSSR count). The third-order valence-electron chi connectivity index (χ3n) is 12.4. The molecular weight excluding hydrogens is 691 g/mol. The molecule has 0 fully saturated rings. The molecule has 3 heteroatoms. The van der Waals surface area contributed by atoms with Gasteiger partial charge in [-0.05, 0) is 81.2 Å². The van der Waals surface area contributed by atoms with Crippen molar-refractivity contribution in [2.45, 2.75) is 19.8 Å². The maximum Gasteiger partial charge on any atom is 0.146 e. The van der Waals surface area contributed by atoms with Gasteiger partial charge in [-0.3, -0.25) is 4.57 Å². The number of aliphatic imine (C=N–C) groups is 1. The van der Waals surface area contributed by atoms with Crippen LogP contribution >= 0.6 is 0 Å². The predicted molar refractivity (Wildman–Crippen MR) is 243 cm³/mol. The summed E-state index contributed by atoms with van der Waals surface area (Å²) in [6, 6.07) is 66.9. The summed E-state index contributed by atoms with van der Waals surface area (Å²) in [6.07, 6.45) is 1.75. The van der Waals surface area contributed by atoms with Gasteiger partial charge in [0.25, 0.3) is 0 Å². The Morgan fingerprint density at radius 3 is 1.96 bits per heavy atom. The van der Waals surface area contributed by atoms with Gasteiger partial charge in [0.15, 0.2) is 0 Å². The molecule has 3 nitrogen and oxygen atoms in total. The number of fused-ring (bicyclic) bond motifs is 12. The molecule has 0 N–H and O–H groups in total. The molecule has 268 valence electrons. The molecular formula is C54H37N3. The second kappa shape index (κ2) is 12.4. The van der Waals surface area contributed by atoms with Crippen LogP contribution in [0.25, 0.3) is 87.2 Å². The summed E-state index contributed by atoms with van der Waals surface area (Å²) in [5.41, 5.74) is 11.9. The van der Waals surface area contributed by atoms with E-state index in [4.69, 9.17) is 4.99 Å². The first-order chi connectivity index (χ1) is 28.2. The van der Waals surface area contributed by atoms with Crippen molar-refractivity contribution in [1.82, 2.24) is 9.13 Å². The molecule has 0 amide bonds. The third-order valence-corrected chi connectivity index (χ3v) is 12.4. The van der Waals surface area contributed by atoms with E-state index in [0.29, 0.717) is 0 Å². The summed E-state index contributed by atoms with van der Waals surface area (Å²) < 4.78 is 4.97. The first-order valence-electron chi connectivity index (χ1n) is 20.0. The third kappa shape index (κ3) is 4.69. The quantitative estimate of drug-likeness (QED) is 0.173. The van der Waals surface area contributed by atoms with Crippen molar-refractivity contribution in [1.29, 1.82) is 0 Å². The number of rotatable bonds is 3. The molecule has 57 heavy (non-hydrogen) atoms. The number of nitrogens with zero attached hydrogens (tertiary/aromatic N) is 3. The molecule has 1 aliphatic heterocycles. The number of aromatic nitrogens is 2. The molecule has 0 aliphatic carbocycles. The molecule has 0 spiro atoms. The van der Waals surface area contributed by atoms with Crippen LogP contribution in [0.5, 0.6) is 0 Å². The van der Waals surface area contributed by atoms with Crippen molar-refractivity contribution < 1.29 is 0 Å². The lowest BCUT2D eigenvalue weighted by Crippen LogP contribution is -2.16. The van der Waals surface area contributed by atoms with Crippen LogP contribution in [-0.2, 0) is 6.42 Å². The fraction of sp³-hybridized carbons (Fsp3) is 0.0556. The lowest BCUT2D eigenvalue weighted by Gasteiger charge is -2.20. The second-order valence-corrected chi connectivity index (χ2v) is 15.4. The Labute approximate surface area is 330 Å². The molecule has 0 saturated carbocycles.